The van der Waals surface area contributed by atoms with Gasteiger partial charge in [0.15, 0.2) is 5.79 Å². The van der Waals surface area contributed by atoms with E-state index in [9.17, 15) is 0 Å². The summed E-state index contributed by atoms with van der Waals surface area (Å²) in [5, 5.41) is 8.49. The molecule has 0 aromatic carbocycles. The number of H-pyrrole nitrogens is 1. The number of aliphatic imine (C=N–C) groups is 3. The standard InChI is InChI=1S/C27H24N6O2/c1-27(34-2,35-3)25-23-15-21-9-7-19(32-21)13-17-5-4-16(30-17)12-18-6-8-20(31-18)14-22(33-23)24(25)26-28-10-11-29-26/h4-15,28-30H,1-3H3. The van der Waals surface area contributed by atoms with Crippen LogP contribution >= 0.6 is 0 Å². The summed E-state index contributed by atoms with van der Waals surface area (Å²) in [6.45, 7) is 1.88. The van der Waals surface area contributed by atoms with Crippen LogP contribution in [0.4, 0.5) is 0 Å². The molecule has 0 atom stereocenters. The Bertz CT molecular complexity index is 1550. The fourth-order valence-electron chi connectivity index (χ4n) is 4.45. The number of nitrogens with one attached hydrogen (secondary N) is 3. The number of fused-ring (bicyclic) bond motifs is 5. The van der Waals surface area contributed by atoms with Crippen molar-refractivity contribution in [2.45, 2.75) is 12.7 Å². The van der Waals surface area contributed by atoms with Gasteiger partial charge in [0.05, 0.1) is 39.8 Å². The lowest BCUT2D eigenvalue weighted by Crippen LogP contribution is -2.35. The van der Waals surface area contributed by atoms with E-state index in [0.717, 1.165) is 56.2 Å². The van der Waals surface area contributed by atoms with E-state index < -0.39 is 5.79 Å². The Morgan fingerprint density at radius 3 is 1.94 bits per heavy atom. The molecule has 174 valence electrons. The van der Waals surface area contributed by atoms with Crippen LogP contribution in [0, 0.1) is 0 Å². The van der Waals surface area contributed by atoms with Crippen molar-refractivity contribution in [3.05, 3.63) is 106 Å². The monoisotopic (exact) mass is 464 g/mol. The van der Waals surface area contributed by atoms with Crippen molar-refractivity contribution in [1.82, 2.24) is 15.6 Å². The van der Waals surface area contributed by atoms with E-state index in [0.29, 0.717) is 5.70 Å². The molecule has 0 saturated heterocycles. The van der Waals surface area contributed by atoms with E-state index in [4.69, 9.17) is 24.5 Å². The molecule has 1 aromatic heterocycles. The van der Waals surface area contributed by atoms with Gasteiger partial charge < -0.3 is 25.1 Å². The molecule has 5 aliphatic heterocycles. The molecule has 5 aliphatic rings. The third-order valence-corrected chi connectivity index (χ3v) is 6.30. The highest BCUT2D eigenvalue weighted by Gasteiger charge is 2.40. The summed E-state index contributed by atoms with van der Waals surface area (Å²) in [5.74, 6) is -0.263. The predicted octanol–water partition coefficient (Wildman–Crippen LogP) is 1.97. The van der Waals surface area contributed by atoms with Gasteiger partial charge in [-0.25, -0.2) is 15.0 Å². The minimum absolute atomic E-state index is 0.706. The highest BCUT2D eigenvalue weighted by atomic mass is 16.7. The third-order valence-electron chi connectivity index (χ3n) is 6.30. The smallest absolute Gasteiger partial charge is 0.194 e. The molecule has 8 heteroatoms. The van der Waals surface area contributed by atoms with Crippen LogP contribution in [0.3, 0.4) is 0 Å². The maximum Gasteiger partial charge on any atom is 0.194 e. The molecule has 6 rings (SSSR count). The largest absolute Gasteiger partial charge is 0.355 e. The summed E-state index contributed by atoms with van der Waals surface area (Å²) in [7, 11) is 3.25. The minimum Gasteiger partial charge on any atom is -0.355 e. The van der Waals surface area contributed by atoms with Crippen LogP contribution in [0.5, 0.6) is 0 Å². The summed E-state index contributed by atoms with van der Waals surface area (Å²) in [6.07, 6.45) is 19.6. The van der Waals surface area contributed by atoms with E-state index in [2.05, 4.69) is 15.6 Å². The molecular weight excluding hydrogens is 440 g/mol. The molecule has 0 spiro atoms. The number of nitrogens with zero attached hydrogens (tertiary/aromatic N) is 3. The molecule has 8 nitrogen and oxygen atoms in total. The van der Waals surface area contributed by atoms with Crippen LogP contribution in [0.15, 0.2) is 110 Å². The fourth-order valence-corrected chi connectivity index (χ4v) is 4.45. The summed E-state index contributed by atoms with van der Waals surface area (Å²) in [4.78, 5) is 18.0. The number of methoxy groups -OCH3 is 2. The van der Waals surface area contributed by atoms with Crippen molar-refractivity contribution in [3.8, 4) is 0 Å². The van der Waals surface area contributed by atoms with Gasteiger partial charge in [-0.3, -0.25) is 0 Å². The number of rotatable bonds is 3. The normalized spacial score (nSPS) is 20.1. The molecule has 0 unspecified atom stereocenters. The Balaban J connectivity index is 1.62. The Kier molecular flexibility index (Phi) is 4.98. The molecule has 0 saturated carbocycles. The highest BCUT2D eigenvalue weighted by molar-refractivity contribution is 6.21. The van der Waals surface area contributed by atoms with Crippen molar-refractivity contribution in [3.63, 3.8) is 0 Å². The van der Waals surface area contributed by atoms with Crippen LogP contribution in [0.1, 0.15) is 6.92 Å². The van der Waals surface area contributed by atoms with Gasteiger partial charge in [-0.1, -0.05) is 0 Å². The summed E-state index contributed by atoms with van der Waals surface area (Å²) in [6, 6.07) is 4.06. The summed E-state index contributed by atoms with van der Waals surface area (Å²) in [5.41, 5.74) is 6.38. The number of allylic oxidation sites excluding steroid dienone is 6. The van der Waals surface area contributed by atoms with Gasteiger partial charge >= 0.3 is 0 Å². The van der Waals surface area contributed by atoms with Gasteiger partial charge in [0.1, 0.15) is 5.82 Å². The zero-order chi connectivity index (χ0) is 24.0. The SMILES string of the molecule is COC(C)(OC)C1=C2C=C3C=CC(=N3)C=c3ccc([nH]3)=CC3=NC(=CC(=N2)C1=C1NC=CN1)C=C3. The maximum absolute atomic E-state index is 5.87. The molecule has 0 amide bonds. The van der Waals surface area contributed by atoms with E-state index in [1.54, 1.807) is 14.2 Å². The first-order valence-electron chi connectivity index (χ1n) is 11.3. The first-order valence-corrected chi connectivity index (χ1v) is 11.3. The highest BCUT2D eigenvalue weighted by Crippen LogP contribution is 2.40. The fraction of sp³-hybridized carbons (Fsp3) is 0.148. The molecule has 0 fully saturated rings. The van der Waals surface area contributed by atoms with Gasteiger partial charge in [-0.15, -0.1) is 0 Å². The van der Waals surface area contributed by atoms with Crippen LogP contribution in [0.2, 0.25) is 0 Å². The van der Waals surface area contributed by atoms with Crippen molar-refractivity contribution >= 4 is 29.3 Å². The first-order chi connectivity index (χ1) is 17.0. The number of aromatic nitrogens is 1. The minimum atomic E-state index is -1.05. The number of hydrogen-bond acceptors (Lipinski definition) is 7. The van der Waals surface area contributed by atoms with E-state index in [-0.39, 0.29) is 0 Å². The molecule has 6 heterocycles. The van der Waals surface area contributed by atoms with Gasteiger partial charge in [0.25, 0.3) is 0 Å². The second-order valence-electron chi connectivity index (χ2n) is 8.52. The van der Waals surface area contributed by atoms with Crippen molar-refractivity contribution in [2.24, 2.45) is 15.0 Å². The van der Waals surface area contributed by atoms with Crippen LogP contribution in [-0.2, 0) is 9.47 Å². The van der Waals surface area contributed by atoms with E-state index in [1.165, 1.54) is 0 Å². The Labute approximate surface area is 202 Å². The molecule has 8 bridgehead atoms. The average Bonchev–Trinajstić information content (AvgIpc) is 3.66. The van der Waals surface area contributed by atoms with E-state index in [1.807, 2.05) is 80.1 Å². The Hall–Kier alpha value is -4.27. The molecular formula is C27H24N6O2. The van der Waals surface area contributed by atoms with Crippen molar-refractivity contribution in [2.75, 3.05) is 14.2 Å². The first kappa shape index (κ1) is 21.3. The molecule has 0 aliphatic carbocycles. The number of ether oxygens (including phenoxy) is 2. The zero-order valence-corrected chi connectivity index (χ0v) is 19.6. The quantitative estimate of drug-likeness (QED) is 0.596. The lowest BCUT2D eigenvalue weighted by atomic mass is 9.94. The molecule has 1 aromatic rings. The Morgan fingerprint density at radius 1 is 0.743 bits per heavy atom. The lowest BCUT2D eigenvalue weighted by Gasteiger charge is -2.30. The average molecular weight is 465 g/mol. The predicted molar refractivity (Wildman–Crippen MR) is 138 cm³/mol. The second kappa shape index (κ2) is 8.19. The molecule has 0 radical (unpaired) electrons. The third kappa shape index (κ3) is 3.78. The van der Waals surface area contributed by atoms with Gasteiger partial charge in [-0.2, -0.15) is 0 Å². The number of hydrogen-bond donors (Lipinski definition) is 3. The Morgan fingerprint density at radius 2 is 1.34 bits per heavy atom. The van der Waals surface area contributed by atoms with E-state index >= 15 is 0 Å². The molecule has 3 N–H and O–H groups in total. The summed E-state index contributed by atoms with van der Waals surface area (Å²) >= 11 is 0. The van der Waals surface area contributed by atoms with Crippen LogP contribution in [-0.4, -0.2) is 42.1 Å². The zero-order valence-electron chi connectivity index (χ0n) is 19.6. The van der Waals surface area contributed by atoms with Gasteiger partial charge in [0, 0.05) is 42.9 Å². The second-order valence-corrected chi connectivity index (χ2v) is 8.52. The topological polar surface area (TPSA) is 95.4 Å². The number of aromatic amines is 1. The lowest BCUT2D eigenvalue weighted by molar-refractivity contribution is -0.162. The maximum atomic E-state index is 5.87. The van der Waals surface area contributed by atoms with Crippen molar-refractivity contribution < 1.29 is 9.47 Å². The summed E-state index contributed by atoms with van der Waals surface area (Å²) < 4.78 is 11.7. The van der Waals surface area contributed by atoms with Crippen LogP contribution in [0.25, 0.3) is 12.2 Å². The van der Waals surface area contributed by atoms with Gasteiger partial charge in [0.2, 0.25) is 0 Å². The van der Waals surface area contributed by atoms with Crippen LogP contribution < -0.4 is 21.3 Å². The molecule has 35 heavy (non-hydrogen) atoms. The van der Waals surface area contributed by atoms with Gasteiger partial charge in [-0.05, 0) is 67.7 Å². The van der Waals surface area contributed by atoms with Crippen molar-refractivity contribution in [1.29, 1.82) is 0 Å².